The summed E-state index contributed by atoms with van der Waals surface area (Å²) in [6.07, 6.45) is 3.65. The molecule has 1 rings (SSSR count). The van der Waals surface area contributed by atoms with Crippen LogP contribution in [-0.2, 0) is 23.1 Å². The highest BCUT2D eigenvalue weighted by atomic mass is 31.2. The first-order valence-electron chi connectivity index (χ1n) is 4.99. The monoisotopic (exact) mass is 236 g/mol. The van der Waals surface area contributed by atoms with Crippen LogP contribution in [0.3, 0.4) is 0 Å². The summed E-state index contributed by atoms with van der Waals surface area (Å²) in [7, 11) is -0.754. The van der Waals surface area contributed by atoms with Gasteiger partial charge in [0.05, 0.1) is 0 Å². The smallest absolute Gasteiger partial charge is 0.341 e. The highest BCUT2D eigenvalue weighted by Crippen LogP contribution is 2.46. The number of carbonyl (C=O) groups is 1. The van der Waals surface area contributed by atoms with E-state index in [0.717, 1.165) is 25.7 Å². The quantitative estimate of drug-likeness (QED) is 0.539. The van der Waals surface area contributed by atoms with Crippen LogP contribution in [0.2, 0.25) is 0 Å². The Hall–Kier alpha value is -0.380. The van der Waals surface area contributed by atoms with Crippen molar-refractivity contribution in [3.8, 4) is 0 Å². The zero-order chi connectivity index (χ0) is 11.3. The van der Waals surface area contributed by atoms with Gasteiger partial charge in [-0.15, -0.1) is 0 Å². The van der Waals surface area contributed by atoms with Crippen molar-refractivity contribution < 1.29 is 23.1 Å². The lowest BCUT2D eigenvalue weighted by molar-refractivity contribution is -0.145. The van der Waals surface area contributed by atoms with Gasteiger partial charge in [-0.05, 0) is 25.7 Å². The average Bonchev–Trinajstić information content (AvgIpc) is 2.70. The van der Waals surface area contributed by atoms with Gasteiger partial charge in [-0.2, -0.15) is 0 Å². The highest BCUT2D eigenvalue weighted by molar-refractivity contribution is 7.54. The Kier molecular flexibility index (Phi) is 4.77. The third kappa shape index (κ3) is 3.93. The van der Waals surface area contributed by atoms with E-state index in [9.17, 15) is 9.36 Å². The fraction of sp³-hybridized carbons (Fsp3) is 0.889. The average molecular weight is 236 g/mol. The fourth-order valence-corrected chi connectivity index (χ4v) is 2.39. The molecule has 0 aromatic carbocycles. The zero-order valence-corrected chi connectivity index (χ0v) is 10.00. The number of carbonyl (C=O) groups excluding carboxylic acids is 1. The van der Waals surface area contributed by atoms with Crippen molar-refractivity contribution in [2.75, 3.05) is 20.4 Å². The van der Waals surface area contributed by atoms with Crippen LogP contribution < -0.4 is 0 Å². The minimum Gasteiger partial charge on any atom is -0.462 e. The van der Waals surface area contributed by atoms with Crippen LogP contribution >= 0.6 is 7.60 Å². The molecule has 1 aliphatic rings. The first-order valence-corrected chi connectivity index (χ1v) is 6.72. The van der Waals surface area contributed by atoms with E-state index in [1.54, 1.807) is 0 Å². The minimum atomic E-state index is -3.27. The predicted molar refractivity (Wildman–Crippen MR) is 54.8 cm³/mol. The summed E-state index contributed by atoms with van der Waals surface area (Å²) in [5, 5.41) is 0. The summed E-state index contributed by atoms with van der Waals surface area (Å²) in [6.45, 7) is 0. The van der Waals surface area contributed by atoms with Gasteiger partial charge in [0.15, 0.2) is 0 Å². The van der Waals surface area contributed by atoms with E-state index in [4.69, 9.17) is 4.74 Å². The van der Waals surface area contributed by atoms with Crippen molar-refractivity contribution in [1.29, 1.82) is 0 Å². The summed E-state index contributed by atoms with van der Waals surface area (Å²) >= 11 is 0. The maximum atomic E-state index is 11.6. The number of rotatable bonds is 5. The summed E-state index contributed by atoms with van der Waals surface area (Å²) in [6, 6.07) is 0. The Morgan fingerprint density at radius 1 is 1.27 bits per heavy atom. The number of hydrogen-bond donors (Lipinski definition) is 0. The van der Waals surface area contributed by atoms with Crippen molar-refractivity contribution in [3.05, 3.63) is 0 Å². The van der Waals surface area contributed by atoms with Crippen LogP contribution in [0, 0.1) is 0 Å². The molecule has 5 nitrogen and oxygen atoms in total. The second-order valence-corrected chi connectivity index (χ2v) is 5.80. The van der Waals surface area contributed by atoms with Crippen molar-refractivity contribution in [2.24, 2.45) is 0 Å². The lowest BCUT2D eigenvalue weighted by atomic mass is 10.3. The van der Waals surface area contributed by atoms with Gasteiger partial charge in [-0.1, -0.05) is 0 Å². The molecular weight excluding hydrogens is 219 g/mol. The normalized spacial score (nSPS) is 18.0. The van der Waals surface area contributed by atoms with Crippen LogP contribution in [0.4, 0.5) is 0 Å². The Morgan fingerprint density at radius 3 is 2.27 bits per heavy atom. The minimum absolute atomic E-state index is 0.0142. The molecule has 6 heteroatoms. The second-order valence-electron chi connectivity index (χ2n) is 3.53. The number of esters is 1. The lowest BCUT2D eigenvalue weighted by Gasteiger charge is -2.15. The Morgan fingerprint density at radius 2 is 1.80 bits per heavy atom. The van der Waals surface area contributed by atoms with Crippen molar-refractivity contribution in [2.45, 2.75) is 31.8 Å². The van der Waals surface area contributed by atoms with Crippen molar-refractivity contribution in [1.82, 2.24) is 0 Å². The highest BCUT2D eigenvalue weighted by Gasteiger charge is 2.28. The van der Waals surface area contributed by atoms with E-state index in [2.05, 4.69) is 9.05 Å². The topological polar surface area (TPSA) is 61.8 Å². The van der Waals surface area contributed by atoms with Crippen molar-refractivity contribution >= 4 is 13.6 Å². The fourth-order valence-electron chi connectivity index (χ4n) is 1.59. The molecule has 88 valence electrons. The first kappa shape index (κ1) is 12.7. The van der Waals surface area contributed by atoms with E-state index < -0.39 is 13.6 Å². The summed E-state index contributed by atoms with van der Waals surface area (Å²) in [5.41, 5.74) is 0. The van der Waals surface area contributed by atoms with E-state index >= 15 is 0 Å². The van der Waals surface area contributed by atoms with Crippen LogP contribution in [-0.4, -0.2) is 32.5 Å². The summed E-state index contributed by atoms with van der Waals surface area (Å²) in [5.74, 6) is -0.506. The predicted octanol–water partition coefficient (Wildman–Crippen LogP) is 1.96. The van der Waals surface area contributed by atoms with Crippen LogP contribution in [0.15, 0.2) is 0 Å². The van der Waals surface area contributed by atoms with Crippen LogP contribution in [0.25, 0.3) is 0 Å². The summed E-state index contributed by atoms with van der Waals surface area (Å²) in [4.78, 5) is 11.4. The molecule has 0 unspecified atom stereocenters. The Balaban J connectivity index is 2.37. The van der Waals surface area contributed by atoms with Gasteiger partial charge < -0.3 is 13.8 Å². The van der Waals surface area contributed by atoms with Gasteiger partial charge in [-0.3, -0.25) is 9.36 Å². The molecule has 0 N–H and O–H groups in total. The molecule has 15 heavy (non-hydrogen) atoms. The van der Waals surface area contributed by atoms with E-state index in [1.165, 1.54) is 14.2 Å². The number of hydrogen-bond acceptors (Lipinski definition) is 5. The van der Waals surface area contributed by atoms with E-state index in [0.29, 0.717) is 0 Å². The van der Waals surface area contributed by atoms with Gasteiger partial charge in [-0.25, -0.2) is 0 Å². The molecule has 1 fully saturated rings. The van der Waals surface area contributed by atoms with Crippen LogP contribution in [0.1, 0.15) is 25.7 Å². The second kappa shape index (κ2) is 5.64. The Bertz CT molecular complexity index is 251. The van der Waals surface area contributed by atoms with E-state index in [-0.39, 0.29) is 12.3 Å². The third-order valence-electron chi connectivity index (χ3n) is 2.48. The SMILES string of the molecule is COP(=O)(CC(=O)OC1CCCC1)OC. The molecule has 0 spiro atoms. The maximum absolute atomic E-state index is 11.6. The maximum Gasteiger partial charge on any atom is 0.341 e. The van der Waals surface area contributed by atoms with Crippen LogP contribution in [0.5, 0.6) is 0 Å². The molecule has 0 saturated heterocycles. The molecule has 0 atom stereocenters. The first-order chi connectivity index (χ1) is 7.09. The molecule has 1 saturated carbocycles. The van der Waals surface area contributed by atoms with Gasteiger partial charge >= 0.3 is 13.6 Å². The van der Waals surface area contributed by atoms with Gasteiger partial charge in [0.25, 0.3) is 0 Å². The van der Waals surface area contributed by atoms with Gasteiger partial charge in [0.2, 0.25) is 0 Å². The largest absolute Gasteiger partial charge is 0.462 e. The molecule has 1 aliphatic carbocycles. The standard InChI is InChI=1S/C9H17O5P/c1-12-15(11,13-2)7-9(10)14-8-5-3-4-6-8/h8H,3-7H2,1-2H3. The third-order valence-corrected chi connectivity index (χ3v) is 4.24. The molecule has 0 aromatic rings. The Labute approximate surface area is 89.6 Å². The van der Waals surface area contributed by atoms with Gasteiger partial charge in [0.1, 0.15) is 12.3 Å². The molecule has 0 aromatic heterocycles. The molecule has 0 radical (unpaired) electrons. The zero-order valence-electron chi connectivity index (χ0n) is 9.10. The van der Waals surface area contributed by atoms with Crippen molar-refractivity contribution in [3.63, 3.8) is 0 Å². The molecule has 0 heterocycles. The molecule has 0 amide bonds. The summed E-state index contributed by atoms with van der Waals surface area (Å²) < 4.78 is 26.0. The van der Waals surface area contributed by atoms with E-state index in [1.807, 2.05) is 0 Å². The van der Waals surface area contributed by atoms with Gasteiger partial charge in [0, 0.05) is 14.2 Å². The molecule has 0 aliphatic heterocycles. The molecule has 0 bridgehead atoms. The lowest BCUT2D eigenvalue weighted by Crippen LogP contribution is -2.18. The molecular formula is C9H17O5P. The number of ether oxygens (including phenoxy) is 1.